The van der Waals surface area contributed by atoms with Crippen LogP contribution in [0.25, 0.3) is 0 Å². The van der Waals surface area contributed by atoms with Crippen LogP contribution < -0.4 is 5.32 Å². The van der Waals surface area contributed by atoms with Crippen molar-refractivity contribution in [2.75, 3.05) is 19.6 Å². The zero-order valence-corrected chi connectivity index (χ0v) is 12.9. The predicted molar refractivity (Wildman–Crippen MR) is 82.0 cm³/mol. The molecule has 1 N–H and O–H groups in total. The first-order valence-electron chi connectivity index (χ1n) is 7.56. The number of pyridine rings is 1. The molecule has 19 heavy (non-hydrogen) atoms. The van der Waals surface area contributed by atoms with Crippen LogP contribution >= 0.6 is 0 Å². The molecule has 0 amide bonds. The molecule has 0 aliphatic carbocycles. The van der Waals surface area contributed by atoms with Crippen molar-refractivity contribution in [3.8, 4) is 0 Å². The van der Waals surface area contributed by atoms with Crippen molar-refractivity contribution in [1.82, 2.24) is 15.2 Å². The van der Waals surface area contributed by atoms with Crippen molar-refractivity contribution in [2.45, 2.75) is 47.2 Å². The fourth-order valence-corrected chi connectivity index (χ4v) is 2.03. The van der Waals surface area contributed by atoms with Crippen molar-refractivity contribution >= 4 is 0 Å². The molecule has 1 unspecified atom stereocenters. The summed E-state index contributed by atoms with van der Waals surface area (Å²) < 4.78 is 0. The maximum Gasteiger partial charge on any atom is 0.0544 e. The summed E-state index contributed by atoms with van der Waals surface area (Å²) >= 11 is 0. The highest BCUT2D eigenvalue weighted by Gasteiger charge is 2.08. The third kappa shape index (κ3) is 6.17. The number of hydrogen-bond acceptors (Lipinski definition) is 3. The molecule has 0 radical (unpaired) electrons. The summed E-state index contributed by atoms with van der Waals surface area (Å²) in [7, 11) is 0. The molecule has 0 bridgehead atoms. The van der Waals surface area contributed by atoms with E-state index in [-0.39, 0.29) is 0 Å². The Balaban J connectivity index is 2.50. The molecular formula is C16H29N3. The van der Waals surface area contributed by atoms with Gasteiger partial charge in [0, 0.05) is 25.8 Å². The molecule has 3 heteroatoms. The van der Waals surface area contributed by atoms with E-state index in [1.54, 1.807) is 0 Å². The quantitative estimate of drug-likeness (QED) is 0.742. The highest BCUT2D eigenvalue weighted by atomic mass is 15.1. The van der Waals surface area contributed by atoms with Crippen LogP contribution in [0.2, 0.25) is 0 Å². The third-order valence-electron chi connectivity index (χ3n) is 3.56. The van der Waals surface area contributed by atoms with Crippen LogP contribution in [-0.2, 0) is 13.1 Å². The molecule has 1 aromatic rings. The van der Waals surface area contributed by atoms with Gasteiger partial charge in [-0.2, -0.15) is 0 Å². The number of nitrogens with zero attached hydrogens (tertiary/aromatic N) is 2. The summed E-state index contributed by atoms with van der Waals surface area (Å²) in [5, 5.41) is 3.32. The van der Waals surface area contributed by atoms with E-state index >= 15 is 0 Å². The molecule has 1 heterocycles. The molecule has 0 fully saturated rings. The van der Waals surface area contributed by atoms with E-state index in [1.807, 2.05) is 6.20 Å². The minimum Gasteiger partial charge on any atom is -0.313 e. The summed E-state index contributed by atoms with van der Waals surface area (Å²) in [4.78, 5) is 7.04. The number of hydrogen-bond donors (Lipinski definition) is 1. The van der Waals surface area contributed by atoms with Gasteiger partial charge in [-0.1, -0.05) is 40.2 Å². The molecule has 1 atom stereocenters. The minimum absolute atomic E-state index is 0.757. The van der Waals surface area contributed by atoms with Gasteiger partial charge in [-0.15, -0.1) is 0 Å². The van der Waals surface area contributed by atoms with Gasteiger partial charge in [-0.05, 0) is 30.6 Å². The second kappa shape index (κ2) is 9.05. The summed E-state index contributed by atoms with van der Waals surface area (Å²) in [5.74, 6) is 0.757. The second-order valence-corrected chi connectivity index (χ2v) is 5.28. The molecule has 0 saturated carbocycles. The van der Waals surface area contributed by atoms with Gasteiger partial charge >= 0.3 is 0 Å². The maximum absolute atomic E-state index is 4.57. The molecule has 1 aromatic heterocycles. The molecule has 0 aliphatic rings. The van der Waals surface area contributed by atoms with E-state index in [0.29, 0.717) is 0 Å². The minimum atomic E-state index is 0.757. The molecule has 108 valence electrons. The summed E-state index contributed by atoms with van der Waals surface area (Å²) in [6.45, 7) is 14.0. The monoisotopic (exact) mass is 263 g/mol. The molecule has 0 saturated heterocycles. The van der Waals surface area contributed by atoms with Gasteiger partial charge < -0.3 is 5.32 Å². The Kier molecular flexibility index (Phi) is 7.68. The van der Waals surface area contributed by atoms with E-state index < -0.39 is 0 Å². The Bertz CT molecular complexity index is 334. The SMILES string of the molecule is CCNCc1ccc(CN(CC)CC(C)CC)nc1. The van der Waals surface area contributed by atoms with Crippen molar-refractivity contribution in [3.63, 3.8) is 0 Å². The lowest BCUT2D eigenvalue weighted by Gasteiger charge is -2.23. The van der Waals surface area contributed by atoms with Crippen LogP contribution in [0.3, 0.4) is 0 Å². The first kappa shape index (κ1) is 16.1. The number of nitrogens with one attached hydrogen (secondary N) is 1. The lowest BCUT2D eigenvalue weighted by atomic mass is 10.1. The molecule has 0 spiro atoms. The Hall–Kier alpha value is -0.930. The standard InChI is InChI=1S/C16H29N3/c1-5-14(4)12-19(7-3)13-16-9-8-15(11-18-16)10-17-6-2/h8-9,11,14,17H,5-7,10,12-13H2,1-4H3. The fourth-order valence-electron chi connectivity index (χ4n) is 2.03. The van der Waals surface area contributed by atoms with Gasteiger partial charge in [0.2, 0.25) is 0 Å². The van der Waals surface area contributed by atoms with Gasteiger partial charge in [0.15, 0.2) is 0 Å². The Morgan fingerprint density at radius 2 is 2.05 bits per heavy atom. The highest BCUT2D eigenvalue weighted by Crippen LogP contribution is 2.08. The topological polar surface area (TPSA) is 28.2 Å². The van der Waals surface area contributed by atoms with Gasteiger partial charge in [0.05, 0.1) is 5.69 Å². The Morgan fingerprint density at radius 3 is 2.58 bits per heavy atom. The molecule has 3 nitrogen and oxygen atoms in total. The lowest BCUT2D eigenvalue weighted by Crippen LogP contribution is -2.28. The molecule has 0 aromatic carbocycles. The van der Waals surface area contributed by atoms with Crippen molar-refractivity contribution in [1.29, 1.82) is 0 Å². The first-order chi connectivity index (χ1) is 9.19. The van der Waals surface area contributed by atoms with E-state index in [2.05, 4.69) is 55.0 Å². The first-order valence-corrected chi connectivity index (χ1v) is 7.56. The van der Waals surface area contributed by atoms with E-state index in [1.165, 1.54) is 17.7 Å². The third-order valence-corrected chi connectivity index (χ3v) is 3.56. The molecular weight excluding hydrogens is 234 g/mol. The van der Waals surface area contributed by atoms with Crippen molar-refractivity contribution < 1.29 is 0 Å². The second-order valence-electron chi connectivity index (χ2n) is 5.28. The Labute approximate surface area is 118 Å². The van der Waals surface area contributed by atoms with E-state index in [0.717, 1.165) is 38.6 Å². The number of rotatable bonds is 9. The maximum atomic E-state index is 4.57. The van der Waals surface area contributed by atoms with Crippen molar-refractivity contribution in [2.24, 2.45) is 5.92 Å². The van der Waals surface area contributed by atoms with Crippen LogP contribution in [0.5, 0.6) is 0 Å². The largest absolute Gasteiger partial charge is 0.313 e. The van der Waals surface area contributed by atoms with Gasteiger partial charge in [-0.3, -0.25) is 9.88 Å². The molecule has 1 rings (SSSR count). The summed E-state index contributed by atoms with van der Waals surface area (Å²) in [5.41, 5.74) is 2.43. The zero-order valence-electron chi connectivity index (χ0n) is 12.9. The normalized spacial score (nSPS) is 12.9. The van der Waals surface area contributed by atoms with Gasteiger partial charge in [-0.25, -0.2) is 0 Å². The Morgan fingerprint density at radius 1 is 1.26 bits per heavy atom. The summed E-state index contributed by atoms with van der Waals surface area (Å²) in [6, 6.07) is 4.34. The number of aromatic nitrogens is 1. The average Bonchev–Trinajstić information content (AvgIpc) is 2.45. The summed E-state index contributed by atoms with van der Waals surface area (Å²) in [6.07, 6.45) is 3.24. The fraction of sp³-hybridized carbons (Fsp3) is 0.688. The van der Waals surface area contributed by atoms with Crippen molar-refractivity contribution in [3.05, 3.63) is 29.6 Å². The van der Waals surface area contributed by atoms with Gasteiger partial charge in [0.1, 0.15) is 0 Å². The predicted octanol–water partition coefficient (Wildman–Crippen LogP) is 3.06. The van der Waals surface area contributed by atoms with Crippen LogP contribution in [0.4, 0.5) is 0 Å². The molecule has 0 aliphatic heterocycles. The lowest BCUT2D eigenvalue weighted by molar-refractivity contribution is 0.235. The van der Waals surface area contributed by atoms with Crippen LogP contribution in [0.1, 0.15) is 45.4 Å². The zero-order chi connectivity index (χ0) is 14.1. The van der Waals surface area contributed by atoms with Crippen LogP contribution in [-0.4, -0.2) is 29.5 Å². The van der Waals surface area contributed by atoms with E-state index in [4.69, 9.17) is 0 Å². The highest BCUT2D eigenvalue weighted by molar-refractivity contribution is 5.13. The van der Waals surface area contributed by atoms with Crippen LogP contribution in [0, 0.1) is 5.92 Å². The average molecular weight is 263 g/mol. The smallest absolute Gasteiger partial charge is 0.0544 e. The van der Waals surface area contributed by atoms with Gasteiger partial charge in [0.25, 0.3) is 0 Å². The van der Waals surface area contributed by atoms with Crippen LogP contribution in [0.15, 0.2) is 18.3 Å². The van der Waals surface area contributed by atoms with E-state index in [9.17, 15) is 0 Å².